The largest absolute Gasteiger partial charge is 0.493 e. The van der Waals surface area contributed by atoms with Crippen LogP contribution in [0.2, 0.25) is 0 Å². The van der Waals surface area contributed by atoms with E-state index in [1.807, 2.05) is 35.2 Å². The van der Waals surface area contributed by atoms with E-state index in [0.29, 0.717) is 24.1 Å². The van der Waals surface area contributed by atoms with Gasteiger partial charge in [-0.1, -0.05) is 29.4 Å². The molecule has 172 valence electrons. The Morgan fingerprint density at radius 3 is 2.65 bits per heavy atom. The summed E-state index contributed by atoms with van der Waals surface area (Å²) in [6, 6.07) is 17.5. The first kappa shape index (κ1) is 20.7. The lowest BCUT2D eigenvalue weighted by Crippen LogP contribution is -2.48. The molecule has 0 bridgehead atoms. The van der Waals surface area contributed by atoms with Crippen LogP contribution >= 0.6 is 0 Å². The van der Waals surface area contributed by atoms with Crippen molar-refractivity contribution in [2.75, 3.05) is 32.8 Å². The van der Waals surface area contributed by atoms with E-state index in [2.05, 4.69) is 27.2 Å². The number of hydrogen-bond donors (Lipinski definition) is 0. The number of aromatic nitrogens is 2. The number of nitrogens with zero attached hydrogens (tertiary/aromatic N) is 4. The Bertz CT molecular complexity index is 1290. The molecule has 1 saturated heterocycles. The van der Waals surface area contributed by atoms with Gasteiger partial charge >= 0.3 is 0 Å². The number of hydrogen-bond acceptors (Lipinski definition) is 7. The van der Waals surface area contributed by atoms with Gasteiger partial charge in [0.15, 0.2) is 5.76 Å². The first-order valence-corrected chi connectivity index (χ1v) is 11.5. The van der Waals surface area contributed by atoms with Gasteiger partial charge in [-0.2, -0.15) is 4.98 Å². The maximum atomic E-state index is 13.0. The zero-order valence-electron chi connectivity index (χ0n) is 18.6. The van der Waals surface area contributed by atoms with Gasteiger partial charge in [-0.3, -0.25) is 9.69 Å². The molecule has 0 aliphatic carbocycles. The third-order valence-corrected chi connectivity index (χ3v) is 6.37. The van der Waals surface area contributed by atoms with Crippen LogP contribution in [-0.4, -0.2) is 58.6 Å². The molecule has 0 spiro atoms. The van der Waals surface area contributed by atoms with Crippen molar-refractivity contribution >= 4 is 5.91 Å². The molecule has 2 aromatic carbocycles. The molecule has 0 radical (unpaired) electrons. The smallest absolute Gasteiger partial charge is 0.293 e. The molecule has 6 rings (SSSR count). The van der Waals surface area contributed by atoms with Crippen molar-refractivity contribution in [3.8, 4) is 28.8 Å². The maximum Gasteiger partial charge on any atom is 0.293 e. The van der Waals surface area contributed by atoms with E-state index in [9.17, 15) is 4.79 Å². The average molecular weight is 457 g/mol. The van der Waals surface area contributed by atoms with Crippen molar-refractivity contribution in [3.05, 3.63) is 77.6 Å². The lowest BCUT2D eigenvalue weighted by Gasteiger charge is -2.34. The van der Waals surface area contributed by atoms with Crippen molar-refractivity contribution in [3.63, 3.8) is 0 Å². The number of carbonyl (C=O) groups is 1. The highest BCUT2D eigenvalue weighted by Crippen LogP contribution is 2.27. The monoisotopic (exact) mass is 456 g/mol. The van der Waals surface area contributed by atoms with E-state index in [1.165, 1.54) is 5.56 Å². The second-order valence-electron chi connectivity index (χ2n) is 8.59. The number of fused-ring (bicyclic) bond motifs is 1. The second kappa shape index (κ2) is 8.79. The fourth-order valence-electron chi connectivity index (χ4n) is 4.47. The quantitative estimate of drug-likeness (QED) is 0.450. The molecule has 8 heteroatoms. The van der Waals surface area contributed by atoms with Crippen LogP contribution in [0.1, 0.15) is 21.5 Å². The summed E-state index contributed by atoms with van der Waals surface area (Å²) in [5.41, 5.74) is 3.98. The number of amides is 1. The van der Waals surface area contributed by atoms with Crippen molar-refractivity contribution in [1.82, 2.24) is 19.9 Å². The van der Waals surface area contributed by atoms with Crippen LogP contribution in [0.15, 0.2) is 69.8 Å². The summed E-state index contributed by atoms with van der Waals surface area (Å²) in [6.07, 6.45) is 2.45. The van der Waals surface area contributed by atoms with E-state index < -0.39 is 0 Å². The van der Waals surface area contributed by atoms with Gasteiger partial charge in [0.25, 0.3) is 11.8 Å². The summed E-state index contributed by atoms with van der Waals surface area (Å²) in [6.45, 7) is 4.68. The van der Waals surface area contributed by atoms with Crippen molar-refractivity contribution < 1.29 is 18.5 Å². The third kappa shape index (κ3) is 4.08. The molecule has 2 aromatic heterocycles. The van der Waals surface area contributed by atoms with Crippen LogP contribution in [0.5, 0.6) is 5.75 Å². The molecule has 0 saturated carbocycles. The predicted octanol–water partition coefficient (Wildman–Crippen LogP) is 3.89. The second-order valence-corrected chi connectivity index (χ2v) is 8.59. The van der Waals surface area contributed by atoms with Gasteiger partial charge < -0.3 is 18.6 Å². The Balaban J connectivity index is 1.04. The van der Waals surface area contributed by atoms with E-state index in [4.69, 9.17) is 13.7 Å². The van der Waals surface area contributed by atoms with Crippen LogP contribution < -0.4 is 4.74 Å². The molecule has 2 aliphatic rings. The summed E-state index contributed by atoms with van der Waals surface area (Å²) in [5, 5.41) is 4.06. The number of ether oxygens (including phenoxy) is 1. The van der Waals surface area contributed by atoms with Gasteiger partial charge in [-0.05, 0) is 41.5 Å². The lowest BCUT2D eigenvalue weighted by molar-refractivity contribution is 0.0628. The summed E-state index contributed by atoms with van der Waals surface area (Å²) in [5.74, 6) is 2.46. The highest BCUT2D eigenvalue weighted by atomic mass is 16.5. The van der Waals surface area contributed by atoms with E-state index in [1.54, 1.807) is 18.4 Å². The lowest BCUT2D eigenvalue weighted by atomic mass is 10.1. The number of rotatable bonds is 5. The topological polar surface area (TPSA) is 84.8 Å². The van der Waals surface area contributed by atoms with Crippen LogP contribution in [0.25, 0.3) is 23.0 Å². The molecule has 8 nitrogen and oxygen atoms in total. The molecule has 0 N–H and O–H groups in total. The SMILES string of the molecule is O=C(c1ccc2c(c1)CCO2)N1CCN(Cc2ccc(-c3noc(-c4ccco4)n3)cc2)CC1. The van der Waals surface area contributed by atoms with Gasteiger partial charge in [0.2, 0.25) is 5.82 Å². The van der Waals surface area contributed by atoms with Gasteiger partial charge in [-0.25, -0.2) is 0 Å². The number of furan rings is 1. The highest BCUT2D eigenvalue weighted by molar-refractivity contribution is 5.94. The minimum absolute atomic E-state index is 0.104. The first-order valence-electron chi connectivity index (χ1n) is 11.5. The minimum Gasteiger partial charge on any atom is -0.493 e. The Morgan fingerprint density at radius 2 is 1.85 bits per heavy atom. The third-order valence-electron chi connectivity index (χ3n) is 6.37. The first-order chi connectivity index (χ1) is 16.7. The van der Waals surface area contributed by atoms with Crippen LogP contribution in [0.4, 0.5) is 0 Å². The molecule has 4 aromatic rings. The molecular weight excluding hydrogens is 432 g/mol. The molecule has 34 heavy (non-hydrogen) atoms. The van der Waals surface area contributed by atoms with Gasteiger partial charge in [0, 0.05) is 50.3 Å². The summed E-state index contributed by atoms with van der Waals surface area (Å²) in [4.78, 5) is 21.7. The number of carbonyl (C=O) groups excluding carboxylic acids is 1. The zero-order valence-corrected chi connectivity index (χ0v) is 18.6. The molecule has 1 fully saturated rings. The van der Waals surface area contributed by atoms with E-state index >= 15 is 0 Å². The number of benzene rings is 2. The standard InChI is InChI=1S/C26H24N4O4/c31-26(21-7-8-22-20(16-21)9-15-33-22)30-12-10-29(11-13-30)17-18-3-5-19(6-4-18)24-27-25(34-28-24)23-2-1-14-32-23/h1-8,14,16H,9-13,15,17H2. The molecule has 2 aliphatic heterocycles. The summed E-state index contributed by atoms with van der Waals surface area (Å²) < 4.78 is 16.2. The van der Waals surface area contributed by atoms with Gasteiger partial charge in [0.05, 0.1) is 12.9 Å². The molecule has 1 amide bonds. The Hall–Kier alpha value is -3.91. The highest BCUT2D eigenvalue weighted by Gasteiger charge is 2.24. The Labute approximate surface area is 196 Å². The normalized spacial score (nSPS) is 15.8. The van der Waals surface area contributed by atoms with Gasteiger partial charge in [0.1, 0.15) is 5.75 Å². The summed E-state index contributed by atoms with van der Waals surface area (Å²) >= 11 is 0. The Kier molecular flexibility index (Phi) is 5.35. The zero-order chi connectivity index (χ0) is 22.9. The maximum absolute atomic E-state index is 13.0. The number of piperazine rings is 1. The fraction of sp³-hybridized carbons (Fsp3) is 0.269. The minimum atomic E-state index is 0.104. The van der Waals surface area contributed by atoms with Gasteiger partial charge in [-0.15, -0.1) is 0 Å². The van der Waals surface area contributed by atoms with Crippen molar-refractivity contribution in [2.24, 2.45) is 0 Å². The Morgan fingerprint density at radius 1 is 1.00 bits per heavy atom. The van der Waals surface area contributed by atoms with E-state index in [0.717, 1.165) is 61.6 Å². The van der Waals surface area contributed by atoms with Crippen LogP contribution in [0, 0.1) is 0 Å². The van der Waals surface area contributed by atoms with Crippen LogP contribution in [0.3, 0.4) is 0 Å². The predicted molar refractivity (Wildman–Crippen MR) is 124 cm³/mol. The van der Waals surface area contributed by atoms with Crippen LogP contribution in [-0.2, 0) is 13.0 Å². The fourth-order valence-corrected chi connectivity index (χ4v) is 4.47. The summed E-state index contributed by atoms with van der Waals surface area (Å²) in [7, 11) is 0. The molecular formula is C26H24N4O4. The molecule has 0 atom stereocenters. The van der Waals surface area contributed by atoms with Crippen molar-refractivity contribution in [2.45, 2.75) is 13.0 Å². The average Bonchev–Trinajstić information content (AvgIpc) is 3.66. The molecule has 4 heterocycles. The van der Waals surface area contributed by atoms with E-state index in [-0.39, 0.29) is 5.91 Å². The molecule has 0 unspecified atom stereocenters. The van der Waals surface area contributed by atoms with Crippen molar-refractivity contribution in [1.29, 1.82) is 0 Å².